The van der Waals surface area contributed by atoms with Gasteiger partial charge < -0.3 is 14.2 Å². The minimum atomic E-state index is -0.512. The van der Waals surface area contributed by atoms with E-state index in [0.29, 0.717) is 16.9 Å². The number of hydrogen-bond donors (Lipinski definition) is 0. The van der Waals surface area contributed by atoms with Crippen LogP contribution >= 0.6 is 0 Å². The highest BCUT2D eigenvalue weighted by molar-refractivity contribution is 5.75. The van der Waals surface area contributed by atoms with Crippen LogP contribution in [0.5, 0.6) is 5.75 Å². The van der Waals surface area contributed by atoms with Crippen molar-refractivity contribution in [2.24, 2.45) is 0 Å². The highest BCUT2D eigenvalue weighted by Gasteiger charge is 2.15. The van der Waals surface area contributed by atoms with Crippen LogP contribution in [0.4, 0.5) is 0 Å². The summed E-state index contributed by atoms with van der Waals surface area (Å²) in [4.78, 5) is 22.9. The molecule has 0 saturated heterocycles. The summed E-state index contributed by atoms with van der Waals surface area (Å²) < 4.78 is 15.0. The van der Waals surface area contributed by atoms with Crippen LogP contribution in [-0.2, 0) is 25.5 Å². The van der Waals surface area contributed by atoms with Crippen LogP contribution in [-0.4, -0.2) is 31.8 Å². The molecular formula is C15H17NO5. The van der Waals surface area contributed by atoms with Gasteiger partial charge in [0.2, 0.25) is 0 Å². The minimum absolute atomic E-state index is 0.0876. The maximum absolute atomic E-state index is 11.6. The standard InChI is InChI=1S/C15H17NO5/c1-3-19-14(17)8-12-11(9-16)6-5-7-13(12)21-10-15(18)20-4-2/h5-7H,3-4,8,10H2,1-2H3. The molecule has 0 fully saturated rings. The fourth-order valence-corrected chi connectivity index (χ4v) is 1.68. The third-order valence-electron chi connectivity index (χ3n) is 2.53. The fraction of sp³-hybridized carbons (Fsp3) is 0.400. The average Bonchev–Trinajstić information content (AvgIpc) is 2.46. The third-order valence-corrected chi connectivity index (χ3v) is 2.53. The maximum atomic E-state index is 11.6. The van der Waals surface area contributed by atoms with E-state index in [1.54, 1.807) is 32.0 Å². The van der Waals surface area contributed by atoms with Gasteiger partial charge in [0.1, 0.15) is 5.75 Å². The van der Waals surface area contributed by atoms with Gasteiger partial charge in [0.05, 0.1) is 31.3 Å². The molecule has 1 aromatic carbocycles. The summed E-state index contributed by atoms with van der Waals surface area (Å²) >= 11 is 0. The number of rotatable bonds is 7. The Kier molecular flexibility index (Phi) is 6.75. The van der Waals surface area contributed by atoms with E-state index in [2.05, 4.69) is 0 Å². The predicted molar refractivity (Wildman–Crippen MR) is 73.6 cm³/mol. The summed E-state index contributed by atoms with van der Waals surface area (Å²) in [6.07, 6.45) is -0.0876. The van der Waals surface area contributed by atoms with Crippen LogP contribution in [0.25, 0.3) is 0 Å². The van der Waals surface area contributed by atoms with E-state index >= 15 is 0 Å². The normalized spacial score (nSPS) is 9.57. The number of ether oxygens (including phenoxy) is 3. The van der Waals surface area contributed by atoms with E-state index in [-0.39, 0.29) is 26.2 Å². The summed E-state index contributed by atoms with van der Waals surface area (Å²) in [5.74, 6) is -0.668. The van der Waals surface area contributed by atoms with Gasteiger partial charge in [-0.1, -0.05) is 6.07 Å². The van der Waals surface area contributed by atoms with Gasteiger partial charge in [-0.15, -0.1) is 0 Å². The second kappa shape index (κ2) is 8.59. The van der Waals surface area contributed by atoms with Crippen molar-refractivity contribution in [1.82, 2.24) is 0 Å². The van der Waals surface area contributed by atoms with E-state index in [1.165, 1.54) is 0 Å². The molecule has 0 aromatic heterocycles. The van der Waals surface area contributed by atoms with Gasteiger partial charge in [0.15, 0.2) is 6.61 Å². The molecule has 1 rings (SSSR count). The Morgan fingerprint density at radius 1 is 1.14 bits per heavy atom. The molecule has 0 amide bonds. The van der Waals surface area contributed by atoms with E-state index in [0.717, 1.165) is 0 Å². The summed E-state index contributed by atoms with van der Waals surface area (Å²) in [5.41, 5.74) is 0.715. The van der Waals surface area contributed by atoms with E-state index in [4.69, 9.17) is 19.5 Å². The Bertz CT molecular complexity index is 547. The maximum Gasteiger partial charge on any atom is 0.344 e. The number of carbonyl (C=O) groups excluding carboxylic acids is 2. The summed E-state index contributed by atoms with van der Waals surface area (Å²) in [6.45, 7) is 3.63. The lowest BCUT2D eigenvalue weighted by Gasteiger charge is -2.12. The molecule has 21 heavy (non-hydrogen) atoms. The third kappa shape index (κ3) is 5.15. The van der Waals surface area contributed by atoms with Crippen LogP contribution in [0.15, 0.2) is 18.2 Å². The predicted octanol–water partition coefficient (Wildman–Crippen LogP) is 1.61. The van der Waals surface area contributed by atoms with Crippen molar-refractivity contribution in [1.29, 1.82) is 5.26 Å². The molecule has 0 aliphatic heterocycles. The van der Waals surface area contributed by atoms with Crippen LogP contribution < -0.4 is 4.74 Å². The average molecular weight is 291 g/mol. The quantitative estimate of drug-likeness (QED) is 0.709. The Balaban J connectivity index is 2.90. The Hall–Kier alpha value is -2.55. The van der Waals surface area contributed by atoms with Crippen LogP contribution in [0, 0.1) is 11.3 Å². The largest absolute Gasteiger partial charge is 0.482 e. The van der Waals surface area contributed by atoms with Gasteiger partial charge >= 0.3 is 11.9 Å². The smallest absolute Gasteiger partial charge is 0.344 e. The van der Waals surface area contributed by atoms with Gasteiger partial charge in [0.25, 0.3) is 0 Å². The van der Waals surface area contributed by atoms with Crippen LogP contribution in [0.1, 0.15) is 25.0 Å². The molecule has 0 atom stereocenters. The van der Waals surface area contributed by atoms with Crippen molar-refractivity contribution in [3.63, 3.8) is 0 Å². The van der Waals surface area contributed by atoms with Gasteiger partial charge in [0, 0.05) is 5.56 Å². The monoisotopic (exact) mass is 291 g/mol. The van der Waals surface area contributed by atoms with Gasteiger partial charge in [-0.2, -0.15) is 5.26 Å². The lowest BCUT2D eigenvalue weighted by atomic mass is 10.0. The summed E-state index contributed by atoms with van der Waals surface area (Å²) in [7, 11) is 0. The van der Waals surface area contributed by atoms with Crippen molar-refractivity contribution >= 4 is 11.9 Å². The van der Waals surface area contributed by atoms with E-state index in [9.17, 15) is 9.59 Å². The fourth-order valence-electron chi connectivity index (χ4n) is 1.68. The lowest BCUT2D eigenvalue weighted by Crippen LogP contribution is -2.16. The molecule has 0 heterocycles. The lowest BCUT2D eigenvalue weighted by molar-refractivity contribution is -0.145. The Morgan fingerprint density at radius 2 is 1.81 bits per heavy atom. The zero-order valence-electron chi connectivity index (χ0n) is 12.0. The molecular weight excluding hydrogens is 274 g/mol. The van der Waals surface area contributed by atoms with E-state index < -0.39 is 11.9 Å². The molecule has 1 aromatic rings. The minimum Gasteiger partial charge on any atom is -0.482 e. The molecule has 0 saturated carbocycles. The molecule has 0 N–H and O–H groups in total. The van der Waals surface area contributed by atoms with Crippen molar-refractivity contribution in [3.8, 4) is 11.8 Å². The second-order valence-corrected chi connectivity index (χ2v) is 3.97. The van der Waals surface area contributed by atoms with Crippen molar-refractivity contribution in [2.75, 3.05) is 19.8 Å². The topological polar surface area (TPSA) is 85.6 Å². The first-order valence-electron chi connectivity index (χ1n) is 6.58. The summed E-state index contributed by atoms with van der Waals surface area (Å²) in [6, 6.07) is 6.78. The Labute approximate surface area is 123 Å². The molecule has 112 valence electrons. The first-order chi connectivity index (χ1) is 10.1. The van der Waals surface area contributed by atoms with Crippen molar-refractivity contribution in [2.45, 2.75) is 20.3 Å². The molecule has 0 bridgehead atoms. The zero-order valence-corrected chi connectivity index (χ0v) is 12.0. The molecule has 6 heteroatoms. The molecule has 0 aliphatic rings. The molecule has 6 nitrogen and oxygen atoms in total. The highest BCUT2D eigenvalue weighted by atomic mass is 16.6. The van der Waals surface area contributed by atoms with Gasteiger partial charge in [-0.25, -0.2) is 4.79 Å². The first-order valence-corrected chi connectivity index (χ1v) is 6.58. The Morgan fingerprint density at radius 3 is 2.43 bits per heavy atom. The van der Waals surface area contributed by atoms with Gasteiger partial charge in [-0.05, 0) is 26.0 Å². The van der Waals surface area contributed by atoms with Crippen LogP contribution in [0.3, 0.4) is 0 Å². The van der Waals surface area contributed by atoms with Crippen LogP contribution in [0.2, 0.25) is 0 Å². The molecule has 0 unspecified atom stereocenters. The summed E-state index contributed by atoms with van der Waals surface area (Å²) in [5, 5.41) is 9.10. The number of esters is 2. The zero-order chi connectivity index (χ0) is 15.7. The number of hydrogen-bond acceptors (Lipinski definition) is 6. The molecule has 0 aliphatic carbocycles. The SMILES string of the molecule is CCOC(=O)COc1cccc(C#N)c1CC(=O)OCC. The number of nitrogens with zero attached hydrogens (tertiary/aromatic N) is 1. The van der Waals surface area contributed by atoms with Crippen molar-refractivity contribution in [3.05, 3.63) is 29.3 Å². The number of carbonyl (C=O) groups is 2. The number of nitriles is 1. The van der Waals surface area contributed by atoms with E-state index in [1.807, 2.05) is 6.07 Å². The second-order valence-electron chi connectivity index (χ2n) is 3.97. The van der Waals surface area contributed by atoms with Gasteiger partial charge in [-0.3, -0.25) is 4.79 Å². The molecule has 0 spiro atoms. The number of benzene rings is 1. The highest BCUT2D eigenvalue weighted by Crippen LogP contribution is 2.23. The first kappa shape index (κ1) is 16.5. The van der Waals surface area contributed by atoms with Crippen molar-refractivity contribution < 1.29 is 23.8 Å². The molecule has 0 radical (unpaired) electrons.